The molecule has 5 nitrogen and oxygen atoms in total. The molecule has 15 heavy (non-hydrogen) atoms. The van der Waals surface area contributed by atoms with Crippen molar-refractivity contribution >= 4 is 17.7 Å². The minimum absolute atomic E-state index is 0.133. The van der Waals surface area contributed by atoms with E-state index in [0.717, 1.165) is 0 Å². The van der Waals surface area contributed by atoms with Crippen molar-refractivity contribution in [3.05, 3.63) is 18.6 Å². The third-order valence-electron chi connectivity index (χ3n) is 1.95. The highest BCUT2D eigenvalue weighted by Gasteiger charge is 2.20. The van der Waals surface area contributed by atoms with Gasteiger partial charge in [0.25, 0.3) is 11.8 Å². The summed E-state index contributed by atoms with van der Waals surface area (Å²) in [5, 5.41) is 4.76. The molecule has 0 fully saturated rings. The van der Waals surface area contributed by atoms with Crippen LogP contribution in [0.5, 0.6) is 0 Å². The highest BCUT2D eigenvalue weighted by atomic mass is 16.2. The molecule has 1 heterocycles. The van der Waals surface area contributed by atoms with Crippen LogP contribution in [0.25, 0.3) is 0 Å². The summed E-state index contributed by atoms with van der Waals surface area (Å²) in [5.41, 5.74) is 0.366. The first-order chi connectivity index (χ1) is 7.13. The molecule has 0 aromatic rings. The van der Waals surface area contributed by atoms with Gasteiger partial charge in [-0.1, -0.05) is 6.92 Å². The number of hydrogen-bond donors (Lipinski definition) is 2. The highest BCUT2D eigenvalue weighted by molar-refractivity contribution is 6.16. The third kappa shape index (κ3) is 3.53. The van der Waals surface area contributed by atoms with E-state index in [1.54, 1.807) is 0 Å². The van der Waals surface area contributed by atoms with Crippen molar-refractivity contribution in [3.63, 3.8) is 0 Å². The number of rotatable bonds is 5. The Morgan fingerprint density at radius 2 is 2.20 bits per heavy atom. The Bertz CT molecular complexity index is 321. The molecule has 0 spiro atoms. The van der Waals surface area contributed by atoms with Crippen molar-refractivity contribution in [1.29, 1.82) is 0 Å². The zero-order valence-electron chi connectivity index (χ0n) is 8.34. The van der Waals surface area contributed by atoms with Crippen LogP contribution in [0.1, 0.15) is 19.3 Å². The van der Waals surface area contributed by atoms with E-state index in [-0.39, 0.29) is 12.3 Å². The predicted octanol–water partition coefficient (Wildman–Crippen LogP) is -0.310. The maximum Gasteiger partial charge on any atom is 0.254 e. The van der Waals surface area contributed by atoms with Crippen molar-refractivity contribution < 1.29 is 14.4 Å². The quantitative estimate of drug-likeness (QED) is 0.610. The molecule has 1 radical (unpaired) electrons. The molecule has 0 unspecified atom stereocenters. The number of hydrogen-bond acceptors (Lipinski definition) is 3. The van der Waals surface area contributed by atoms with Gasteiger partial charge in [-0.2, -0.15) is 0 Å². The second-order valence-corrected chi connectivity index (χ2v) is 3.19. The van der Waals surface area contributed by atoms with Gasteiger partial charge < -0.3 is 5.32 Å². The lowest BCUT2D eigenvalue weighted by Gasteiger charge is -2.02. The van der Waals surface area contributed by atoms with Crippen LogP contribution in [0.15, 0.2) is 11.6 Å². The zero-order chi connectivity index (χ0) is 11.3. The number of amides is 3. The Hall–Kier alpha value is -1.65. The predicted molar refractivity (Wildman–Crippen MR) is 53.5 cm³/mol. The van der Waals surface area contributed by atoms with Crippen LogP contribution in [0, 0.1) is 6.92 Å². The fourth-order valence-electron chi connectivity index (χ4n) is 1.20. The Morgan fingerprint density at radius 1 is 1.47 bits per heavy atom. The van der Waals surface area contributed by atoms with E-state index in [2.05, 4.69) is 17.6 Å². The minimum Gasteiger partial charge on any atom is -0.356 e. The number of carbonyl (C=O) groups excluding carboxylic acids is 3. The van der Waals surface area contributed by atoms with Gasteiger partial charge in [-0.15, -0.1) is 0 Å². The molecule has 1 aliphatic heterocycles. The first-order valence-corrected chi connectivity index (χ1v) is 4.75. The molecule has 0 aromatic heterocycles. The van der Waals surface area contributed by atoms with Gasteiger partial charge in [-0.25, -0.2) is 0 Å². The summed E-state index contributed by atoms with van der Waals surface area (Å²) in [5.74, 6) is -0.940. The lowest BCUT2D eigenvalue weighted by atomic mass is 10.1. The van der Waals surface area contributed by atoms with Gasteiger partial charge in [0.05, 0.1) is 0 Å². The minimum atomic E-state index is -0.409. The van der Waals surface area contributed by atoms with E-state index < -0.39 is 11.8 Å². The molecule has 3 amide bonds. The average molecular weight is 209 g/mol. The average Bonchev–Trinajstić information content (AvgIpc) is 2.51. The Morgan fingerprint density at radius 3 is 2.73 bits per heavy atom. The third-order valence-corrected chi connectivity index (χ3v) is 1.95. The second-order valence-electron chi connectivity index (χ2n) is 3.19. The summed E-state index contributed by atoms with van der Waals surface area (Å²) in [7, 11) is 0. The fourth-order valence-corrected chi connectivity index (χ4v) is 1.20. The zero-order valence-corrected chi connectivity index (χ0v) is 8.34. The van der Waals surface area contributed by atoms with E-state index in [9.17, 15) is 14.4 Å². The second kappa shape index (κ2) is 5.29. The Kier molecular flexibility index (Phi) is 4.03. The number of imide groups is 1. The van der Waals surface area contributed by atoms with Gasteiger partial charge in [-0.3, -0.25) is 19.7 Å². The van der Waals surface area contributed by atoms with Crippen molar-refractivity contribution in [2.75, 3.05) is 6.54 Å². The molecule has 81 valence electrons. The van der Waals surface area contributed by atoms with Gasteiger partial charge in [0.15, 0.2) is 0 Å². The summed E-state index contributed by atoms with van der Waals surface area (Å²) >= 11 is 0. The van der Waals surface area contributed by atoms with Crippen molar-refractivity contribution in [2.24, 2.45) is 0 Å². The molecule has 0 saturated heterocycles. The molecule has 5 heteroatoms. The SMILES string of the molecule is [CH2]CCNC(=O)CCC1=CC(=O)NC1=O. The van der Waals surface area contributed by atoms with Crippen LogP contribution in [0.3, 0.4) is 0 Å². The molecular weight excluding hydrogens is 196 g/mol. The van der Waals surface area contributed by atoms with Crippen LogP contribution in [-0.4, -0.2) is 24.3 Å². The first kappa shape index (κ1) is 11.4. The van der Waals surface area contributed by atoms with Crippen LogP contribution in [0.4, 0.5) is 0 Å². The van der Waals surface area contributed by atoms with Crippen LogP contribution >= 0.6 is 0 Å². The maximum absolute atomic E-state index is 11.2. The van der Waals surface area contributed by atoms with E-state index in [4.69, 9.17) is 0 Å². The maximum atomic E-state index is 11.2. The summed E-state index contributed by atoms with van der Waals surface area (Å²) in [6.07, 6.45) is 2.37. The van der Waals surface area contributed by atoms with Gasteiger partial charge in [0, 0.05) is 24.6 Å². The Labute approximate surface area is 87.9 Å². The van der Waals surface area contributed by atoms with Crippen LogP contribution < -0.4 is 10.6 Å². The van der Waals surface area contributed by atoms with Crippen molar-refractivity contribution in [2.45, 2.75) is 19.3 Å². The van der Waals surface area contributed by atoms with Crippen molar-refractivity contribution in [3.8, 4) is 0 Å². The lowest BCUT2D eigenvalue weighted by Crippen LogP contribution is -2.25. The fraction of sp³-hybridized carbons (Fsp3) is 0.400. The molecule has 1 aliphatic rings. The molecule has 1 rings (SSSR count). The molecule has 0 aliphatic carbocycles. The van der Waals surface area contributed by atoms with Crippen molar-refractivity contribution in [1.82, 2.24) is 10.6 Å². The molecule has 0 bridgehead atoms. The molecule has 0 aromatic carbocycles. The lowest BCUT2D eigenvalue weighted by molar-refractivity contribution is -0.123. The van der Waals surface area contributed by atoms with E-state index in [0.29, 0.717) is 25.0 Å². The smallest absolute Gasteiger partial charge is 0.254 e. The topological polar surface area (TPSA) is 75.3 Å². The van der Waals surface area contributed by atoms with Crippen LogP contribution in [-0.2, 0) is 14.4 Å². The molecule has 0 saturated carbocycles. The number of nitrogens with one attached hydrogen (secondary N) is 2. The monoisotopic (exact) mass is 209 g/mol. The van der Waals surface area contributed by atoms with Gasteiger partial charge in [-0.05, 0) is 12.8 Å². The number of carbonyl (C=O) groups is 3. The highest BCUT2D eigenvalue weighted by Crippen LogP contribution is 2.09. The van der Waals surface area contributed by atoms with Gasteiger partial charge >= 0.3 is 0 Å². The largest absolute Gasteiger partial charge is 0.356 e. The van der Waals surface area contributed by atoms with E-state index in [1.165, 1.54) is 6.08 Å². The molecule has 2 N–H and O–H groups in total. The summed E-state index contributed by atoms with van der Waals surface area (Å²) in [6, 6.07) is 0. The molecule has 0 atom stereocenters. The first-order valence-electron chi connectivity index (χ1n) is 4.75. The molecular formula is C10H13N2O3. The van der Waals surface area contributed by atoms with Gasteiger partial charge in [0.1, 0.15) is 0 Å². The Balaban J connectivity index is 2.31. The van der Waals surface area contributed by atoms with E-state index in [1.807, 2.05) is 0 Å². The summed E-state index contributed by atoms with van der Waals surface area (Å²) < 4.78 is 0. The van der Waals surface area contributed by atoms with E-state index >= 15 is 0 Å². The summed E-state index contributed by atoms with van der Waals surface area (Å²) in [6.45, 7) is 4.11. The van der Waals surface area contributed by atoms with Crippen LogP contribution in [0.2, 0.25) is 0 Å². The van der Waals surface area contributed by atoms with Gasteiger partial charge in [0.2, 0.25) is 5.91 Å². The normalized spacial score (nSPS) is 14.9. The summed E-state index contributed by atoms with van der Waals surface area (Å²) in [4.78, 5) is 33.0. The standard InChI is InChI=1S/C10H13N2O3/c1-2-5-11-8(13)4-3-7-6-9(14)12-10(7)15/h6H,1-5H2,(H,11,13)(H,12,14,15).